The first-order valence-corrected chi connectivity index (χ1v) is 2.41. The lowest BCUT2D eigenvalue weighted by Gasteiger charge is -2.13. The van der Waals surface area contributed by atoms with E-state index in [0.29, 0.717) is 6.61 Å². The smallest absolute Gasteiger partial charge is 0.210 e. The van der Waals surface area contributed by atoms with E-state index in [1.165, 1.54) is 0 Å². The van der Waals surface area contributed by atoms with Gasteiger partial charge in [-0.1, -0.05) is 6.08 Å². The second-order valence-corrected chi connectivity index (χ2v) is 1.41. The molecule has 0 amide bonds. The zero-order chi connectivity index (χ0) is 5.82. The summed E-state index contributed by atoms with van der Waals surface area (Å²) in [7, 11) is 1.56. The number of rotatable bonds is 1. The van der Waals surface area contributed by atoms with E-state index >= 15 is 0 Å². The molecule has 1 rings (SSSR count). The highest BCUT2D eigenvalue weighted by molar-refractivity contribution is 4.86. The van der Waals surface area contributed by atoms with Gasteiger partial charge in [0.1, 0.15) is 6.61 Å². The van der Waals surface area contributed by atoms with E-state index in [-0.39, 0.29) is 6.29 Å². The molecule has 1 unspecified atom stereocenters. The van der Waals surface area contributed by atoms with Gasteiger partial charge < -0.3 is 4.74 Å². The SMILES string of the molecule is COC1C=CCOO1. The summed E-state index contributed by atoms with van der Waals surface area (Å²) in [5.74, 6) is 0. The number of methoxy groups -OCH3 is 1. The first-order valence-electron chi connectivity index (χ1n) is 2.41. The van der Waals surface area contributed by atoms with Gasteiger partial charge in [-0.15, -0.1) is 0 Å². The normalized spacial score (nSPS) is 28.4. The molecule has 3 nitrogen and oxygen atoms in total. The lowest BCUT2D eigenvalue weighted by molar-refractivity contribution is -0.360. The summed E-state index contributed by atoms with van der Waals surface area (Å²) in [6, 6.07) is 0. The van der Waals surface area contributed by atoms with Gasteiger partial charge in [0, 0.05) is 7.11 Å². The predicted molar refractivity (Wildman–Crippen MR) is 27.0 cm³/mol. The molecule has 1 aliphatic rings. The molecule has 0 aromatic carbocycles. The minimum atomic E-state index is -0.316. The Bertz CT molecular complexity index is 89.7. The van der Waals surface area contributed by atoms with Gasteiger partial charge in [-0.3, -0.25) is 0 Å². The minimum absolute atomic E-state index is 0.316. The Morgan fingerprint density at radius 1 is 1.75 bits per heavy atom. The van der Waals surface area contributed by atoms with Crippen LogP contribution in [-0.2, 0) is 14.5 Å². The quantitative estimate of drug-likeness (QED) is 0.368. The highest BCUT2D eigenvalue weighted by Crippen LogP contribution is 2.00. The molecular formula is C5H8O3. The van der Waals surface area contributed by atoms with Gasteiger partial charge in [-0.05, 0) is 6.08 Å². The Morgan fingerprint density at radius 2 is 2.62 bits per heavy atom. The second kappa shape index (κ2) is 2.81. The molecule has 0 spiro atoms. The molecule has 0 aliphatic carbocycles. The van der Waals surface area contributed by atoms with Gasteiger partial charge in [-0.25, -0.2) is 4.89 Å². The first-order chi connectivity index (χ1) is 3.93. The van der Waals surface area contributed by atoms with Gasteiger partial charge in [0.25, 0.3) is 0 Å². The van der Waals surface area contributed by atoms with Crippen LogP contribution in [-0.4, -0.2) is 20.0 Å². The Labute approximate surface area is 47.8 Å². The van der Waals surface area contributed by atoms with Gasteiger partial charge in [0.2, 0.25) is 6.29 Å². The summed E-state index contributed by atoms with van der Waals surface area (Å²) in [6.45, 7) is 0.514. The summed E-state index contributed by atoms with van der Waals surface area (Å²) in [4.78, 5) is 9.18. The fourth-order valence-corrected chi connectivity index (χ4v) is 0.462. The monoisotopic (exact) mass is 116 g/mol. The number of hydrogen-bond donors (Lipinski definition) is 0. The second-order valence-electron chi connectivity index (χ2n) is 1.41. The van der Waals surface area contributed by atoms with Crippen molar-refractivity contribution in [2.75, 3.05) is 13.7 Å². The van der Waals surface area contributed by atoms with Crippen LogP contribution in [0.5, 0.6) is 0 Å². The van der Waals surface area contributed by atoms with Crippen molar-refractivity contribution >= 4 is 0 Å². The predicted octanol–water partition coefficient (Wildman–Crippen LogP) is 0.477. The van der Waals surface area contributed by atoms with Crippen LogP contribution in [0.4, 0.5) is 0 Å². The van der Waals surface area contributed by atoms with Crippen molar-refractivity contribution in [1.82, 2.24) is 0 Å². The van der Waals surface area contributed by atoms with E-state index in [9.17, 15) is 0 Å². The molecule has 3 heteroatoms. The third-order valence-electron chi connectivity index (χ3n) is 0.853. The molecule has 1 heterocycles. The number of hydrogen-bond acceptors (Lipinski definition) is 3. The van der Waals surface area contributed by atoms with Crippen LogP contribution < -0.4 is 0 Å². The van der Waals surface area contributed by atoms with Gasteiger partial charge in [0.15, 0.2) is 0 Å². The maximum Gasteiger partial charge on any atom is 0.210 e. The third-order valence-corrected chi connectivity index (χ3v) is 0.853. The van der Waals surface area contributed by atoms with Crippen molar-refractivity contribution in [2.24, 2.45) is 0 Å². The van der Waals surface area contributed by atoms with E-state index in [1.54, 1.807) is 13.2 Å². The Morgan fingerprint density at radius 3 is 3.00 bits per heavy atom. The standard InChI is InChI=1S/C5H8O3/c1-6-5-3-2-4-7-8-5/h2-3,5H,4H2,1H3. The molecule has 0 saturated heterocycles. The van der Waals surface area contributed by atoms with Gasteiger partial charge >= 0.3 is 0 Å². The molecule has 8 heavy (non-hydrogen) atoms. The fraction of sp³-hybridized carbons (Fsp3) is 0.600. The fourth-order valence-electron chi connectivity index (χ4n) is 0.462. The first kappa shape index (κ1) is 5.75. The van der Waals surface area contributed by atoms with Crippen molar-refractivity contribution in [3.63, 3.8) is 0 Å². The van der Waals surface area contributed by atoms with Crippen molar-refractivity contribution in [1.29, 1.82) is 0 Å². The molecule has 0 aromatic heterocycles. The molecule has 46 valence electrons. The largest absolute Gasteiger partial charge is 0.350 e. The zero-order valence-corrected chi connectivity index (χ0v) is 4.66. The third kappa shape index (κ3) is 1.30. The lowest BCUT2D eigenvalue weighted by atomic mass is 10.5. The van der Waals surface area contributed by atoms with Crippen molar-refractivity contribution < 1.29 is 14.5 Å². The zero-order valence-electron chi connectivity index (χ0n) is 4.66. The average Bonchev–Trinajstić information content (AvgIpc) is 1.90. The number of ether oxygens (including phenoxy) is 1. The van der Waals surface area contributed by atoms with Crippen LogP contribution in [0.1, 0.15) is 0 Å². The van der Waals surface area contributed by atoms with E-state index in [1.807, 2.05) is 6.08 Å². The molecular weight excluding hydrogens is 108 g/mol. The van der Waals surface area contributed by atoms with E-state index < -0.39 is 0 Å². The topological polar surface area (TPSA) is 27.7 Å². The Balaban J connectivity index is 2.32. The summed E-state index contributed by atoms with van der Waals surface area (Å²) in [5, 5.41) is 0. The average molecular weight is 116 g/mol. The summed E-state index contributed by atoms with van der Waals surface area (Å²) in [5.41, 5.74) is 0. The van der Waals surface area contributed by atoms with E-state index in [2.05, 4.69) is 9.78 Å². The van der Waals surface area contributed by atoms with E-state index in [0.717, 1.165) is 0 Å². The van der Waals surface area contributed by atoms with Crippen LogP contribution in [0.3, 0.4) is 0 Å². The molecule has 0 bridgehead atoms. The summed E-state index contributed by atoms with van der Waals surface area (Å²) < 4.78 is 4.76. The molecule has 0 radical (unpaired) electrons. The molecule has 0 saturated carbocycles. The highest BCUT2D eigenvalue weighted by Gasteiger charge is 2.05. The maximum absolute atomic E-state index is 4.76. The van der Waals surface area contributed by atoms with Gasteiger partial charge in [-0.2, -0.15) is 4.89 Å². The molecule has 0 fully saturated rings. The van der Waals surface area contributed by atoms with Crippen LogP contribution >= 0.6 is 0 Å². The van der Waals surface area contributed by atoms with Crippen molar-refractivity contribution in [2.45, 2.75) is 6.29 Å². The van der Waals surface area contributed by atoms with Crippen LogP contribution in [0, 0.1) is 0 Å². The summed E-state index contributed by atoms with van der Waals surface area (Å²) >= 11 is 0. The Kier molecular flexibility index (Phi) is 2.02. The molecule has 1 aliphatic heterocycles. The van der Waals surface area contributed by atoms with Crippen molar-refractivity contribution in [3.8, 4) is 0 Å². The molecule has 0 aromatic rings. The van der Waals surface area contributed by atoms with Crippen LogP contribution in [0.2, 0.25) is 0 Å². The molecule has 1 atom stereocenters. The Hall–Kier alpha value is -0.380. The lowest BCUT2D eigenvalue weighted by Crippen LogP contribution is -2.16. The van der Waals surface area contributed by atoms with Crippen LogP contribution in [0.25, 0.3) is 0 Å². The summed E-state index contributed by atoms with van der Waals surface area (Å²) in [6.07, 6.45) is 3.32. The van der Waals surface area contributed by atoms with E-state index in [4.69, 9.17) is 4.74 Å². The van der Waals surface area contributed by atoms with Crippen molar-refractivity contribution in [3.05, 3.63) is 12.2 Å². The maximum atomic E-state index is 4.76. The minimum Gasteiger partial charge on any atom is -0.350 e. The van der Waals surface area contributed by atoms with Gasteiger partial charge in [0.05, 0.1) is 0 Å². The highest BCUT2D eigenvalue weighted by atomic mass is 17.2. The molecule has 0 N–H and O–H groups in total. The van der Waals surface area contributed by atoms with Crippen LogP contribution in [0.15, 0.2) is 12.2 Å².